The second kappa shape index (κ2) is 5.51. The van der Waals surface area contributed by atoms with Gasteiger partial charge >= 0.3 is 0 Å². The molecule has 0 N–H and O–H groups in total. The fourth-order valence-corrected chi connectivity index (χ4v) is 2.67. The lowest BCUT2D eigenvalue weighted by molar-refractivity contribution is 0.105. The summed E-state index contributed by atoms with van der Waals surface area (Å²) in [4.78, 5) is 12.5. The van der Waals surface area contributed by atoms with Gasteiger partial charge in [-0.2, -0.15) is 0 Å². The predicted octanol–water partition coefficient (Wildman–Crippen LogP) is 4.91. The minimum Gasteiger partial charge on any atom is -0.288 e. The second-order valence-corrected chi connectivity index (χ2v) is 5.88. The first-order valence-electron chi connectivity index (χ1n) is 5.61. The highest BCUT2D eigenvalue weighted by Crippen LogP contribution is 2.22. The van der Waals surface area contributed by atoms with Crippen LogP contribution < -0.4 is 0 Å². The highest BCUT2D eigenvalue weighted by Gasteiger charge is 2.05. The summed E-state index contributed by atoms with van der Waals surface area (Å²) in [5.41, 5.74) is 3.46. The van der Waals surface area contributed by atoms with Crippen LogP contribution >= 0.6 is 22.9 Å². The van der Waals surface area contributed by atoms with Gasteiger partial charge in [-0.25, -0.2) is 0 Å². The first-order chi connectivity index (χ1) is 8.56. The summed E-state index contributed by atoms with van der Waals surface area (Å²) >= 11 is 7.11. The number of allylic oxidation sites excluding steroid dienone is 1. The summed E-state index contributed by atoms with van der Waals surface area (Å²) in [6.45, 7) is 4.10. The normalized spacial score (nSPS) is 11.1. The number of halogens is 1. The van der Waals surface area contributed by atoms with Crippen molar-refractivity contribution in [3.63, 3.8) is 0 Å². The average molecular weight is 277 g/mol. The summed E-state index contributed by atoms with van der Waals surface area (Å²) in [6.07, 6.45) is 3.45. The summed E-state index contributed by atoms with van der Waals surface area (Å²) in [5.74, 6) is -0.00752. The van der Waals surface area contributed by atoms with Crippen LogP contribution in [0.5, 0.6) is 0 Å². The third-order valence-electron chi connectivity index (χ3n) is 2.66. The molecule has 0 radical (unpaired) electrons. The Morgan fingerprint density at radius 1 is 1.22 bits per heavy atom. The lowest BCUT2D eigenvalue weighted by Gasteiger charge is -2.01. The van der Waals surface area contributed by atoms with Crippen molar-refractivity contribution in [2.45, 2.75) is 13.8 Å². The quantitative estimate of drug-likeness (QED) is 0.575. The van der Waals surface area contributed by atoms with E-state index in [2.05, 4.69) is 13.0 Å². The molecule has 2 rings (SSSR count). The van der Waals surface area contributed by atoms with Gasteiger partial charge in [0.05, 0.1) is 9.21 Å². The molecule has 3 heteroatoms. The molecule has 1 nitrogen and oxygen atoms in total. The molecule has 0 aliphatic rings. The van der Waals surface area contributed by atoms with Gasteiger partial charge in [0.1, 0.15) is 0 Å². The van der Waals surface area contributed by atoms with E-state index in [1.807, 2.05) is 25.1 Å². The molecule has 0 bridgehead atoms. The Balaban J connectivity index is 2.18. The van der Waals surface area contributed by atoms with Crippen LogP contribution in [-0.2, 0) is 0 Å². The van der Waals surface area contributed by atoms with Crippen LogP contribution in [0.25, 0.3) is 6.08 Å². The molecule has 92 valence electrons. The van der Waals surface area contributed by atoms with Gasteiger partial charge in [-0.1, -0.05) is 41.4 Å². The minimum atomic E-state index is -0.00752. The number of aryl methyl sites for hydroxylation is 2. The van der Waals surface area contributed by atoms with Gasteiger partial charge in [-0.3, -0.25) is 4.79 Å². The molecule has 0 saturated carbocycles. The molecular weight excluding hydrogens is 264 g/mol. The van der Waals surface area contributed by atoms with Crippen LogP contribution in [0.1, 0.15) is 26.4 Å². The Labute approximate surface area is 116 Å². The topological polar surface area (TPSA) is 17.1 Å². The minimum absolute atomic E-state index is 0.00752. The first-order valence-corrected chi connectivity index (χ1v) is 6.81. The average Bonchev–Trinajstić information content (AvgIpc) is 2.74. The lowest BCUT2D eigenvalue weighted by atomic mass is 10.1. The van der Waals surface area contributed by atoms with Crippen LogP contribution in [0.15, 0.2) is 36.4 Å². The van der Waals surface area contributed by atoms with Crippen LogP contribution in [0.3, 0.4) is 0 Å². The Morgan fingerprint density at radius 2 is 2.00 bits per heavy atom. The maximum absolute atomic E-state index is 11.9. The van der Waals surface area contributed by atoms with Crippen LogP contribution in [0.4, 0.5) is 0 Å². The molecule has 1 aromatic carbocycles. The molecule has 0 fully saturated rings. The fraction of sp³-hybridized carbons (Fsp3) is 0.133. The zero-order valence-corrected chi connectivity index (χ0v) is 11.8. The maximum Gasteiger partial charge on any atom is 0.195 e. The van der Waals surface area contributed by atoms with E-state index in [0.717, 1.165) is 5.56 Å². The molecule has 0 atom stereocenters. The van der Waals surface area contributed by atoms with E-state index in [9.17, 15) is 4.79 Å². The number of ketones is 1. The van der Waals surface area contributed by atoms with Crippen LogP contribution in [-0.4, -0.2) is 5.78 Å². The summed E-state index contributed by atoms with van der Waals surface area (Å²) in [5, 5.41) is 0. The zero-order valence-electron chi connectivity index (χ0n) is 10.2. The number of rotatable bonds is 3. The van der Waals surface area contributed by atoms with Crippen molar-refractivity contribution in [1.29, 1.82) is 0 Å². The molecule has 0 saturated heterocycles. The van der Waals surface area contributed by atoms with Crippen molar-refractivity contribution in [2.24, 2.45) is 0 Å². The predicted molar refractivity (Wildman–Crippen MR) is 78.6 cm³/mol. The van der Waals surface area contributed by atoms with Crippen LogP contribution in [0, 0.1) is 13.8 Å². The van der Waals surface area contributed by atoms with Crippen molar-refractivity contribution in [3.8, 4) is 0 Å². The smallest absolute Gasteiger partial charge is 0.195 e. The summed E-state index contributed by atoms with van der Waals surface area (Å²) in [6, 6.07) is 9.66. The van der Waals surface area contributed by atoms with Crippen molar-refractivity contribution in [3.05, 3.63) is 62.3 Å². The highest BCUT2D eigenvalue weighted by molar-refractivity contribution is 7.18. The SMILES string of the molecule is Cc1ccc(/C=C/C(=O)c2ccc(Cl)s2)c(C)c1. The molecule has 18 heavy (non-hydrogen) atoms. The van der Waals surface area contributed by atoms with Crippen molar-refractivity contribution in [2.75, 3.05) is 0 Å². The van der Waals surface area contributed by atoms with E-state index in [-0.39, 0.29) is 5.78 Å². The molecule has 0 aliphatic heterocycles. The molecule has 0 aliphatic carbocycles. The lowest BCUT2D eigenvalue weighted by Crippen LogP contribution is -1.89. The van der Waals surface area contributed by atoms with Gasteiger partial charge in [0.25, 0.3) is 0 Å². The van der Waals surface area contributed by atoms with E-state index in [4.69, 9.17) is 11.6 Å². The van der Waals surface area contributed by atoms with E-state index < -0.39 is 0 Å². The molecule has 1 heterocycles. The number of hydrogen-bond donors (Lipinski definition) is 0. The number of hydrogen-bond acceptors (Lipinski definition) is 2. The number of benzene rings is 1. The standard InChI is InChI=1S/C15H13ClOS/c1-10-3-4-12(11(2)9-10)5-6-13(17)14-7-8-15(16)18-14/h3-9H,1-2H3/b6-5+. The van der Waals surface area contributed by atoms with E-state index >= 15 is 0 Å². The third kappa shape index (κ3) is 3.09. The zero-order chi connectivity index (χ0) is 13.1. The molecule has 2 aromatic rings. The van der Waals surface area contributed by atoms with Gasteiger partial charge in [0.2, 0.25) is 0 Å². The summed E-state index contributed by atoms with van der Waals surface area (Å²) < 4.78 is 0.637. The molecule has 0 unspecified atom stereocenters. The Kier molecular flexibility index (Phi) is 4.00. The maximum atomic E-state index is 11.9. The monoisotopic (exact) mass is 276 g/mol. The number of thiophene rings is 1. The highest BCUT2D eigenvalue weighted by atomic mass is 35.5. The second-order valence-electron chi connectivity index (χ2n) is 4.16. The van der Waals surface area contributed by atoms with Crippen molar-refractivity contribution >= 4 is 34.8 Å². The van der Waals surface area contributed by atoms with Gasteiger partial charge < -0.3 is 0 Å². The fourth-order valence-electron chi connectivity index (χ4n) is 1.71. The molecule has 0 amide bonds. The van der Waals surface area contributed by atoms with Crippen molar-refractivity contribution in [1.82, 2.24) is 0 Å². The van der Waals surface area contributed by atoms with Gasteiger partial charge in [-0.15, -0.1) is 11.3 Å². The Morgan fingerprint density at radius 3 is 2.61 bits per heavy atom. The third-order valence-corrected chi connectivity index (χ3v) is 3.90. The van der Waals surface area contributed by atoms with E-state index in [1.54, 1.807) is 18.2 Å². The Hall–Kier alpha value is -1.38. The van der Waals surface area contributed by atoms with E-state index in [0.29, 0.717) is 9.21 Å². The van der Waals surface area contributed by atoms with E-state index in [1.165, 1.54) is 22.5 Å². The number of carbonyl (C=O) groups excluding carboxylic acids is 1. The molecule has 0 spiro atoms. The van der Waals surface area contributed by atoms with Gasteiger partial charge in [0, 0.05) is 0 Å². The van der Waals surface area contributed by atoms with Gasteiger partial charge in [-0.05, 0) is 43.2 Å². The summed E-state index contributed by atoms with van der Waals surface area (Å²) in [7, 11) is 0. The first kappa shape index (κ1) is 13.1. The number of carbonyl (C=O) groups is 1. The molecule has 1 aromatic heterocycles. The van der Waals surface area contributed by atoms with Crippen LogP contribution in [0.2, 0.25) is 4.34 Å². The molecular formula is C15H13ClOS. The Bertz CT molecular complexity index is 611. The van der Waals surface area contributed by atoms with Crippen molar-refractivity contribution < 1.29 is 4.79 Å². The van der Waals surface area contributed by atoms with Gasteiger partial charge in [0.15, 0.2) is 5.78 Å². The largest absolute Gasteiger partial charge is 0.288 e.